The molecule has 0 saturated carbocycles. The molecule has 0 heterocycles. The summed E-state index contributed by atoms with van der Waals surface area (Å²) in [5.74, 6) is 0.939. The largest absolute Gasteiger partial charge is 0.493 e. The van der Waals surface area contributed by atoms with Crippen LogP contribution in [-0.2, 0) is 9.53 Å². The van der Waals surface area contributed by atoms with E-state index < -0.39 is 5.97 Å². The normalized spacial score (nSPS) is 10.3. The third-order valence-corrected chi connectivity index (χ3v) is 2.38. The smallest absolute Gasteiger partial charge is 0.333 e. The van der Waals surface area contributed by atoms with E-state index in [-0.39, 0.29) is 6.61 Å². The van der Waals surface area contributed by atoms with Crippen LogP contribution in [0.2, 0.25) is 0 Å². The molecule has 0 aliphatic carbocycles. The summed E-state index contributed by atoms with van der Waals surface area (Å²) in [5.41, 5.74) is 1.32. The maximum atomic E-state index is 11.1. The zero-order valence-electron chi connectivity index (χ0n) is 11.4. The van der Waals surface area contributed by atoms with Gasteiger partial charge in [0.25, 0.3) is 0 Å². The molecule has 0 aliphatic heterocycles. The second-order valence-corrected chi connectivity index (χ2v) is 3.90. The van der Waals surface area contributed by atoms with Gasteiger partial charge in [-0.05, 0) is 30.7 Å². The molecule has 1 rings (SSSR count). The molecule has 0 atom stereocenters. The highest BCUT2D eigenvalue weighted by Gasteiger charge is 2.03. The van der Waals surface area contributed by atoms with Crippen molar-refractivity contribution in [1.29, 1.82) is 0 Å². The highest BCUT2D eigenvalue weighted by molar-refractivity contribution is 5.87. The first-order chi connectivity index (χ1) is 9.08. The summed E-state index contributed by atoms with van der Waals surface area (Å²) < 4.78 is 15.3. The van der Waals surface area contributed by atoms with Gasteiger partial charge in [-0.15, -0.1) is 0 Å². The molecule has 19 heavy (non-hydrogen) atoms. The van der Waals surface area contributed by atoms with Crippen LogP contribution in [0.25, 0.3) is 6.08 Å². The number of ether oxygens (including phenoxy) is 3. The molecule has 0 bridgehead atoms. The molecule has 0 unspecified atom stereocenters. The van der Waals surface area contributed by atoms with Gasteiger partial charge in [0.05, 0.1) is 14.2 Å². The molecule has 0 aromatic heterocycles. The van der Waals surface area contributed by atoms with Gasteiger partial charge in [0.15, 0.2) is 11.5 Å². The number of rotatable bonds is 6. The molecule has 0 saturated heterocycles. The maximum Gasteiger partial charge on any atom is 0.333 e. The van der Waals surface area contributed by atoms with E-state index in [1.54, 1.807) is 27.2 Å². The standard InChI is InChI=1S/C15H18O4/c1-11(2)15(16)19-9-5-6-12-7-8-13(17-3)14(10-12)18-4/h5-8,10H,1,9H2,2-4H3. The summed E-state index contributed by atoms with van der Waals surface area (Å²) in [4.78, 5) is 11.1. The zero-order chi connectivity index (χ0) is 14.3. The van der Waals surface area contributed by atoms with Crippen LogP contribution < -0.4 is 9.47 Å². The van der Waals surface area contributed by atoms with E-state index >= 15 is 0 Å². The Bertz CT molecular complexity index is 489. The molecule has 1 aromatic rings. The van der Waals surface area contributed by atoms with E-state index in [0.29, 0.717) is 17.1 Å². The predicted octanol–water partition coefficient (Wildman–Crippen LogP) is 2.84. The molecule has 0 radical (unpaired) electrons. The number of hydrogen-bond acceptors (Lipinski definition) is 4. The van der Waals surface area contributed by atoms with Gasteiger partial charge in [0, 0.05) is 5.57 Å². The van der Waals surface area contributed by atoms with Crippen molar-refractivity contribution in [2.45, 2.75) is 6.92 Å². The van der Waals surface area contributed by atoms with Crippen LogP contribution in [0, 0.1) is 0 Å². The lowest BCUT2D eigenvalue weighted by Crippen LogP contribution is -2.04. The van der Waals surface area contributed by atoms with Gasteiger partial charge < -0.3 is 14.2 Å². The van der Waals surface area contributed by atoms with Gasteiger partial charge in [-0.25, -0.2) is 4.79 Å². The van der Waals surface area contributed by atoms with Crippen molar-refractivity contribution in [2.75, 3.05) is 20.8 Å². The molecule has 0 amide bonds. The molecule has 4 heteroatoms. The van der Waals surface area contributed by atoms with Gasteiger partial charge in [0.2, 0.25) is 0 Å². The van der Waals surface area contributed by atoms with Crippen LogP contribution in [0.1, 0.15) is 12.5 Å². The Hall–Kier alpha value is -2.23. The minimum atomic E-state index is -0.392. The second kappa shape index (κ2) is 7.26. The minimum absolute atomic E-state index is 0.208. The first-order valence-electron chi connectivity index (χ1n) is 5.79. The minimum Gasteiger partial charge on any atom is -0.493 e. The Morgan fingerprint density at radius 2 is 1.95 bits per heavy atom. The van der Waals surface area contributed by atoms with Crippen molar-refractivity contribution in [2.24, 2.45) is 0 Å². The summed E-state index contributed by atoms with van der Waals surface area (Å²) >= 11 is 0. The summed E-state index contributed by atoms with van der Waals surface area (Å²) in [7, 11) is 3.17. The van der Waals surface area contributed by atoms with E-state index in [0.717, 1.165) is 5.56 Å². The fraction of sp³-hybridized carbons (Fsp3) is 0.267. The van der Waals surface area contributed by atoms with E-state index in [9.17, 15) is 4.79 Å². The molecular weight excluding hydrogens is 244 g/mol. The monoisotopic (exact) mass is 262 g/mol. The number of carbonyl (C=O) groups is 1. The lowest BCUT2D eigenvalue weighted by atomic mass is 10.2. The first kappa shape index (κ1) is 14.8. The highest BCUT2D eigenvalue weighted by Crippen LogP contribution is 2.27. The Balaban J connectivity index is 2.62. The fourth-order valence-corrected chi connectivity index (χ4v) is 1.39. The van der Waals surface area contributed by atoms with Gasteiger partial charge in [0.1, 0.15) is 6.61 Å². The van der Waals surface area contributed by atoms with E-state index in [1.807, 2.05) is 24.3 Å². The van der Waals surface area contributed by atoms with Crippen molar-refractivity contribution in [3.8, 4) is 11.5 Å². The highest BCUT2D eigenvalue weighted by atomic mass is 16.5. The Morgan fingerprint density at radius 3 is 2.53 bits per heavy atom. The third kappa shape index (κ3) is 4.50. The van der Waals surface area contributed by atoms with Gasteiger partial charge >= 0.3 is 5.97 Å². The average Bonchev–Trinajstić information content (AvgIpc) is 2.42. The van der Waals surface area contributed by atoms with Gasteiger partial charge in [-0.3, -0.25) is 0 Å². The molecular formula is C15H18O4. The van der Waals surface area contributed by atoms with E-state index in [2.05, 4.69) is 6.58 Å². The Kier molecular flexibility index (Phi) is 5.67. The first-order valence-corrected chi connectivity index (χ1v) is 5.79. The molecule has 0 N–H and O–H groups in total. The van der Waals surface area contributed by atoms with Crippen LogP contribution in [0.3, 0.4) is 0 Å². The van der Waals surface area contributed by atoms with Gasteiger partial charge in [-0.2, -0.15) is 0 Å². The lowest BCUT2D eigenvalue weighted by Gasteiger charge is -2.07. The number of benzene rings is 1. The summed E-state index contributed by atoms with van der Waals surface area (Å²) in [5, 5.41) is 0. The number of carbonyl (C=O) groups excluding carboxylic acids is 1. The Morgan fingerprint density at radius 1 is 1.26 bits per heavy atom. The van der Waals surface area contributed by atoms with Crippen LogP contribution in [0.15, 0.2) is 36.4 Å². The summed E-state index contributed by atoms with van der Waals surface area (Å²) in [6.07, 6.45) is 3.59. The lowest BCUT2D eigenvalue weighted by molar-refractivity contribution is -0.137. The molecule has 0 fully saturated rings. The second-order valence-electron chi connectivity index (χ2n) is 3.90. The summed E-state index contributed by atoms with van der Waals surface area (Å²) in [6.45, 7) is 5.32. The van der Waals surface area contributed by atoms with Crippen LogP contribution >= 0.6 is 0 Å². The van der Waals surface area contributed by atoms with Crippen molar-refractivity contribution in [3.63, 3.8) is 0 Å². The molecule has 1 aromatic carbocycles. The van der Waals surface area contributed by atoms with Crippen molar-refractivity contribution in [3.05, 3.63) is 42.0 Å². The number of methoxy groups -OCH3 is 2. The van der Waals surface area contributed by atoms with Crippen molar-refractivity contribution < 1.29 is 19.0 Å². The topological polar surface area (TPSA) is 44.8 Å². The van der Waals surface area contributed by atoms with Crippen LogP contribution in [0.4, 0.5) is 0 Å². The molecule has 4 nitrogen and oxygen atoms in total. The van der Waals surface area contributed by atoms with Crippen LogP contribution in [-0.4, -0.2) is 26.8 Å². The maximum absolute atomic E-state index is 11.1. The quantitative estimate of drug-likeness (QED) is 0.584. The van der Waals surface area contributed by atoms with E-state index in [1.165, 1.54) is 0 Å². The van der Waals surface area contributed by atoms with Crippen molar-refractivity contribution >= 4 is 12.0 Å². The third-order valence-electron chi connectivity index (χ3n) is 2.38. The SMILES string of the molecule is C=C(C)C(=O)OCC=Cc1ccc(OC)c(OC)c1. The Labute approximate surface area is 113 Å². The van der Waals surface area contributed by atoms with Gasteiger partial charge in [-0.1, -0.05) is 18.7 Å². The van der Waals surface area contributed by atoms with Crippen LogP contribution in [0.5, 0.6) is 11.5 Å². The fourth-order valence-electron chi connectivity index (χ4n) is 1.39. The van der Waals surface area contributed by atoms with E-state index in [4.69, 9.17) is 14.2 Å². The van der Waals surface area contributed by atoms with Crippen molar-refractivity contribution in [1.82, 2.24) is 0 Å². The number of esters is 1. The summed E-state index contributed by atoms with van der Waals surface area (Å²) in [6, 6.07) is 5.55. The molecule has 0 spiro atoms. The zero-order valence-corrected chi connectivity index (χ0v) is 11.4. The predicted molar refractivity (Wildman–Crippen MR) is 74.4 cm³/mol. The molecule has 102 valence electrons. The average molecular weight is 262 g/mol. The number of hydrogen-bond donors (Lipinski definition) is 0. The molecule has 0 aliphatic rings.